The first-order valence-corrected chi connectivity index (χ1v) is 9.20. The second kappa shape index (κ2) is 8.31. The zero-order chi connectivity index (χ0) is 16.8. The molecule has 1 aromatic heterocycles. The lowest BCUT2D eigenvalue weighted by molar-refractivity contribution is -0.118. The Bertz CT molecular complexity index is 651. The van der Waals surface area contributed by atoms with E-state index >= 15 is 0 Å². The first-order chi connectivity index (χ1) is 10.9. The number of nitrogens with zero attached hydrogens (tertiary/aromatic N) is 2. The third-order valence-corrected chi connectivity index (χ3v) is 5.16. The van der Waals surface area contributed by atoms with Crippen molar-refractivity contribution in [3.8, 4) is 5.75 Å². The molecule has 0 saturated carbocycles. The van der Waals surface area contributed by atoms with Crippen molar-refractivity contribution in [2.75, 3.05) is 17.7 Å². The molecule has 0 spiro atoms. The fourth-order valence-electron chi connectivity index (χ4n) is 1.88. The van der Waals surface area contributed by atoms with Crippen LogP contribution in [-0.4, -0.2) is 28.5 Å². The van der Waals surface area contributed by atoms with Gasteiger partial charge in [0, 0.05) is 5.75 Å². The molecule has 0 aliphatic rings. The molecule has 0 fully saturated rings. The van der Waals surface area contributed by atoms with Crippen molar-refractivity contribution in [3.63, 3.8) is 0 Å². The van der Waals surface area contributed by atoms with E-state index in [1.807, 2.05) is 26.0 Å². The number of aromatic nitrogens is 2. The molecule has 1 aromatic carbocycles. The quantitative estimate of drug-likeness (QED) is 0.605. The average Bonchev–Trinajstić information content (AvgIpc) is 2.89. The molecule has 0 bridgehead atoms. The van der Waals surface area contributed by atoms with E-state index < -0.39 is 0 Å². The highest BCUT2D eigenvalue weighted by Crippen LogP contribution is 2.26. The molecule has 0 saturated heterocycles. The number of carbonyl (C=O) groups excluding carboxylic acids is 1. The van der Waals surface area contributed by atoms with Crippen LogP contribution in [0.5, 0.6) is 5.75 Å². The molecule has 7 heteroatoms. The SMILES string of the molecule is Cc1cc(C)cc(OCC(=O)Nc2nnc(SCC(C)C)s2)c1. The Morgan fingerprint density at radius 3 is 2.61 bits per heavy atom. The third-order valence-electron chi connectivity index (χ3n) is 2.76. The molecular formula is C16H21N3O2S2. The number of nitrogens with one attached hydrogen (secondary N) is 1. The minimum Gasteiger partial charge on any atom is -0.484 e. The number of thioether (sulfide) groups is 1. The topological polar surface area (TPSA) is 64.1 Å². The van der Waals surface area contributed by atoms with Crippen LogP contribution in [0.4, 0.5) is 5.13 Å². The van der Waals surface area contributed by atoms with Crippen molar-refractivity contribution in [2.24, 2.45) is 5.92 Å². The summed E-state index contributed by atoms with van der Waals surface area (Å²) in [5.41, 5.74) is 2.22. The Hall–Kier alpha value is -1.60. The molecule has 124 valence electrons. The number of hydrogen-bond donors (Lipinski definition) is 1. The Morgan fingerprint density at radius 1 is 1.26 bits per heavy atom. The van der Waals surface area contributed by atoms with Crippen LogP contribution in [0, 0.1) is 19.8 Å². The maximum atomic E-state index is 11.9. The van der Waals surface area contributed by atoms with E-state index in [0.717, 1.165) is 21.2 Å². The number of rotatable bonds is 7. The van der Waals surface area contributed by atoms with Gasteiger partial charge < -0.3 is 4.74 Å². The molecule has 0 aliphatic heterocycles. The predicted molar refractivity (Wildman–Crippen MR) is 95.5 cm³/mol. The summed E-state index contributed by atoms with van der Waals surface area (Å²) in [7, 11) is 0. The van der Waals surface area contributed by atoms with Gasteiger partial charge in [-0.1, -0.05) is 43.0 Å². The minimum absolute atomic E-state index is 0.0447. The molecule has 23 heavy (non-hydrogen) atoms. The molecule has 0 atom stereocenters. The molecule has 2 rings (SSSR count). The Kier molecular flexibility index (Phi) is 6.41. The van der Waals surface area contributed by atoms with Crippen LogP contribution in [0.15, 0.2) is 22.5 Å². The monoisotopic (exact) mass is 351 g/mol. The van der Waals surface area contributed by atoms with Gasteiger partial charge in [-0.05, 0) is 43.0 Å². The van der Waals surface area contributed by atoms with E-state index in [2.05, 4.69) is 35.4 Å². The minimum atomic E-state index is -0.235. The van der Waals surface area contributed by atoms with Gasteiger partial charge in [0.15, 0.2) is 10.9 Å². The van der Waals surface area contributed by atoms with Gasteiger partial charge in [0.2, 0.25) is 5.13 Å². The first-order valence-electron chi connectivity index (χ1n) is 7.39. The Balaban J connectivity index is 1.82. The van der Waals surface area contributed by atoms with Crippen LogP contribution in [0.25, 0.3) is 0 Å². The Morgan fingerprint density at radius 2 is 1.96 bits per heavy atom. The van der Waals surface area contributed by atoms with Gasteiger partial charge in [-0.2, -0.15) is 0 Å². The van der Waals surface area contributed by atoms with E-state index in [-0.39, 0.29) is 12.5 Å². The second-order valence-corrected chi connectivity index (χ2v) is 7.98. The van der Waals surface area contributed by atoms with Crippen molar-refractivity contribution < 1.29 is 9.53 Å². The van der Waals surface area contributed by atoms with Crippen LogP contribution in [0.1, 0.15) is 25.0 Å². The Labute approximate surface area is 144 Å². The number of aryl methyl sites for hydroxylation is 2. The fraction of sp³-hybridized carbons (Fsp3) is 0.438. The van der Waals surface area contributed by atoms with E-state index in [1.165, 1.54) is 11.3 Å². The summed E-state index contributed by atoms with van der Waals surface area (Å²) in [5, 5.41) is 11.3. The fourth-order valence-corrected chi connectivity index (χ4v) is 3.62. The van der Waals surface area contributed by atoms with Crippen molar-refractivity contribution in [1.29, 1.82) is 0 Å². The summed E-state index contributed by atoms with van der Waals surface area (Å²) >= 11 is 3.04. The second-order valence-electron chi connectivity index (χ2n) is 5.74. The molecule has 0 unspecified atom stereocenters. The summed E-state index contributed by atoms with van der Waals surface area (Å²) in [6.07, 6.45) is 0. The molecule has 1 heterocycles. The average molecular weight is 351 g/mol. The smallest absolute Gasteiger partial charge is 0.264 e. The highest BCUT2D eigenvalue weighted by molar-refractivity contribution is 8.01. The molecule has 5 nitrogen and oxygen atoms in total. The van der Waals surface area contributed by atoms with Gasteiger partial charge in [0.25, 0.3) is 5.91 Å². The summed E-state index contributed by atoms with van der Waals surface area (Å²) in [6.45, 7) is 8.26. The van der Waals surface area contributed by atoms with E-state index in [0.29, 0.717) is 16.8 Å². The number of amides is 1. The summed E-state index contributed by atoms with van der Waals surface area (Å²) in [4.78, 5) is 11.9. The maximum absolute atomic E-state index is 11.9. The molecule has 1 amide bonds. The first kappa shape index (κ1) is 17.7. The number of benzene rings is 1. The maximum Gasteiger partial charge on any atom is 0.264 e. The number of ether oxygens (including phenoxy) is 1. The van der Waals surface area contributed by atoms with Crippen LogP contribution in [0.3, 0.4) is 0 Å². The van der Waals surface area contributed by atoms with Crippen LogP contribution in [0.2, 0.25) is 0 Å². The van der Waals surface area contributed by atoms with Gasteiger partial charge in [-0.3, -0.25) is 10.1 Å². The third kappa shape index (κ3) is 6.19. The number of anilines is 1. The lowest BCUT2D eigenvalue weighted by Gasteiger charge is -2.07. The van der Waals surface area contributed by atoms with Gasteiger partial charge in [0.1, 0.15) is 5.75 Å². The molecule has 0 aliphatic carbocycles. The summed E-state index contributed by atoms with van der Waals surface area (Å²) in [5.74, 6) is 2.04. The highest BCUT2D eigenvalue weighted by atomic mass is 32.2. The van der Waals surface area contributed by atoms with Gasteiger partial charge in [-0.25, -0.2) is 0 Å². The van der Waals surface area contributed by atoms with Gasteiger partial charge >= 0.3 is 0 Å². The van der Waals surface area contributed by atoms with E-state index in [1.54, 1.807) is 11.8 Å². The molecule has 1 N–H and O–H groups in total. The lowest BCUT2D eigenvalue weighted by Crippen LogP contribution is -2.20. The molecular weight excluding hydrogens is 330 g/mol. The van der Waals surface area contributed by atoms with Crippen molar-refractivity contribution >= 4 is 34.1 Å². The summed E-state index contributed by atoms with van der Waals surface area (Å²) in [6, 6.07) is 5.88. The predicted octanol–water partition coefficient (Wildman–Crippen LogP) is 3.92. The summed E-state index contributed by atoms with van der Waals surface area (Å²) < 4.78 is 6.39. The van der Waals surface area contributed by atoms with E-state index in [9.17, 15) is 4.79 Å². The van der Waals surface area contributed by atoms with Gasteiger partial charge in [-0.15, -0.1) is 10.2 Å². The highest BCUT2D eigenvalue weighted by Gasteiger charge is 2.10. The number of carbonyl (C=O) groups is 1. The lowest BCUT2D eigenvalue weighted by atomic mass is 10.1. The van der Waals surface area contributed by atoms with Crippen molar-refractivity contribution in [3.05, 3.63) is 29.3 Å². The van der Waals surface area contributed by atoms with Crippen molar-refractivity contribution in [1.82, 2.24) is 10.2 Å². The zero-order valence-electron chi connectivity index (χ0n) is 13.8. The largest absolute Gasteiger partial charge is 0.484 e. The number of hydrogen-bond acceptors (Lipinski definition) is 6. The van der Waals surface area contributed by atoms with Crippen LogP contribution < -0.4 is 10.1 Å². The zero-order valence-corrected chi connectivity index (χ0v) is 15.4. The molecule has 2 aromatic rings. The normalized spacial score (nSPS) is 10.8. The standard InChI is InChI=1S/C16H21N3O2S2/c1-10(2)9-22-16-19-18-15(23-16)17-14(20)8-21-13-6-11(3)5-12(4)7-13/h5-7,10H,8-9H2,1-4H3,(H,17,18,20). The van der Waals surface area contributed by atoms with Crippen molar-refractivity contribution in [2.45, 2.75) is 32.0 Å². The van der Waals surface area contributed by atoms with E-state index in [4.69, 9.17) is 4.74 Å². The molecule has 0 radical (unpaired) electrons. The van der Waals surface area contributed by atoms with Crippen LogP contribution >= 0.6 is 23.1 Å². The van der Waals surface area contributed by atoms with Crippen LogP contribution in [-0.2, 0) is 4.79 Å². The van der Waals surface area contributed by atoms with Gasteiger partial charge in [0.05, 0.1) is 0 Å².